The molecular formula is C13H17Cl2NO2. The lowest BCUT2D eigenvalue weighted by atomic mass is 10.0. The second-order valence-electron chi connectivity index (χ2n) is 4.65. The lowest BCUT2D eigenvalue weighted by Gasteiger charge is -2.28. The molecular weight excluding hydrogens is 273 g/mol. The highest BCUT2D eigenvalue weighted by Crippen LogP contribution is 2.27. The molecule has 0 spiro atoms. The van der Waals surface area contributed by atoms with E-state index in [2.05, 4.69) is 5.32 Å². The van der Waals surface area contributed by atoms with Gasteiger partial charge < -0.3 is 4.74 Å². The van der Waals surface area contributed by atoms with Gasteiger partial charge in [0.15, 0.2) is 0 Å². The molecule has 0 aliphatic carbocycles. The van der Waals surface area contributed by atoms with Crippen LogP contribution in [0, 0.1) is 0 Å². The number of esters is 1. The molecule has 0 amide bonds. The monoisotopic (exact) mass is 289 g/mol. The van der Waals surface area contributed by atoms with Crippen LogP contribution in [0.4, 0.5) is 0 Å². The minimum absolute atomic E-state index is 0.120. The quantitative estimate of drug-likeness (QED) is 0.861. The van der Waals surface area contributed by atoms with Crippen LogP contribution < -0.4 is 5.32 Å². The van der Waals surface area contributed by atoms with Gasteiger partial charge in [0, 0.05) is 16.1 Å². The first-order valence-electron chi connectivity index (χ1n) is 5.59. The number of ether oxygens (including phenoxy) is 1. The van der Waals surface area contributed by atoms with Crippen LogP contribution in [0.3, 0.4) is 0 Å². The molecule has 1 unspecified atom stereocenters. The lowest BCUT2D eigenvalue weighted by molar-refractivity contribution is -0.147. The molecule has 0 saturated heterocycles. The van der Waals surface area contributed by atoms with Gasteiger partial charge in [-0.1, -0.05) is 23.2 Å². The summed E-state index contributed by atoms with van der Waals surface area (Å²) in [5.41, 5.74) is 0.0564. The van der Waals surface area contributed by atoms with Crippen molar-refractivity contribution in [2.24, 2.45) is 0 Å². The summed E-state index contributed by atoms with van der Waals surface area (Å²) in [7, 11) is 1.36. The second kappa shape index (κ2) is 5.91. The Labute approximate surface area is 117 Å². The molecule has 100 valence electrons. The molecule has 0 saturated carbocycles. The Hall–Kier alpha value is -0.770. The van der Waals surface area contributed by atoms with E-state index in [1.54, 1.807) is 32.0 Å². The third kappa shape index (κ3) is 3.61. The molecule has 0 aliphatic heterocycles. The maximum atomic E-state index is 11.6. The van der Waals surface area contributed by atoms with E-state index < -0.39 is 5.54 Å². The fourth-order valence-corrected chi connectivity index (χ4v) is 2.24. The first kappa shape index (κ1) is 15.3. The average molecular weight is 290 g/mol. The molecule has 1 N–H and O–H groups in total. The highest BCUT2D eigenvalue weighted by atomic mass is 35.5. The zero-order valence-corrected chi connectivity index (χ0v) is 12.4. The molecule has 3 nitrogen and oxygen atoms in total. The third-order valence-corrected chi connectivity index (χ3v) is 3.28. The molecule has 1 aromatic rings. The number of hydrogen-bond acceptors (Lipinski definition) is 3. The van der Waals surface area contributed by atoms with Crippen LogP contribution in [0.1, 0.15) is 32.4 Å². The van der Waals surface area contributed by atoms with Gasteiger partial charge in [-0.05, 0) is 44.5 Å². The van der Waals surface area contributed by atoms with Crippen LogP contribution >= 0.6 is 23.2 Å². The smallest absolute Gasteiger partial charge is 0.325 e. The van der Waals surface area contributed by atoms with Gasteiger partial charge in [-0.3, -0.25) is 10.1 Å². The van der Waals surface area contributed by atoms with E-state index in [-0.39, 0.29) is 12.0 Å². The second-order valence-corrected chi connectivity index (χ2v) is 5.49. The number of carbonyl (C=O) groups is 1. The van der Waals surface area contributed by atoms with Crippen molar-refractivity contribution in [2.45, 2.75) is 32.4 Å². The maximum absolute atomic E-state index is 11.6. The zero-order chi connectivity index (χ0) is 13.9. The molecule has 0 fully saturated rings. The summed E-state index contributed by atoms with van der Waals surface area (Å²) in [5.74, 6) is -0.326. The fourth-order valence-electron chi connectivity index (χ4n) is 1.78. The Balaban J connectivity index is 2.91. The fraction of sp³-hybridized carbons (Fsp3) is 0.462. The minimum atomic E-state index is -0.792. The first-order chi connectivity index (χ1) is 8.27. The number of rotatable bonds is 4. The number of methoxy groups -OCH3 is 1. The maximum Gasteiger partial charge on any atom is 0.325 e. The molecule has 0 heterocycles. The van der Waals surface area contributed by atoms with E-state index >= 15 is 0 Å². The molecule has 0 radical (unpaired) electrons. The van der Waals surface area contributed by atoms with Gasteiger partial charge in [0.2, 0.25) is 0 Å². The van der Waals surface area contributed by atoms with E-state index in [1.807, 2.05) is 6.92 Å². The van der Waals surface area contributed by atoms with Crippen molar-refractivity contribution in [1.82, 2.24) is 5.32 Å². The highest BCUT2D eigenvalue weighted by molar-refractivity contribution is 6.33. The van der Waals surface area contributed by atoms with Crippen LogP contribution in [0.25, 0.3) is 0 Å². The predicted molar refractivity (Wildman–Crippen MR) is 74.1 cm³/mol. The molecule has 1 rings (SSSR count). The molecule has 5 heteroatoms. The van der Waals surface area contributed by atoms with Gasteiger partial charge in [0.1, 0.15) is 5.54 Å². The van der Waals surface area contributed by atoms with E-state index in [9.17, 15) is 4.79 Å². The number of nitrogens with one attached hydrogen (secondary N) is 1. The van der Waals surface area contributed by atoms with E-state index in [0.717, 1.165) is 5.56 Å². The van der Waals surface area contributed by atoms with Gasteiger partial charge >= 0.3 is 5.97 Å². The van der Waals surface area contributed by atoms with Gasteiger partial charge in [-0.15, -0.1) is 0 Å². The number of benzene rings is 1. The summed E-state index contributed by atoms with van der Waals surface area (Å²) in [6.45, 7) is 5.43. The number of hydrogen-bond donors (Lipinski definition) is 1. The van der Waals surface area contributed by atoms with E-state index in [1.165, 1.54) is 7.11 Å². The van der Waals surface area contributed by atoms with Crippen LogP contribution in [-0.2, 0) is 9.53 Å². The van der Waals surface area contributed by atoms with E-state index in [0.29, 0.717) is 10.0 Å². The van der Waals surface area contributed by atoms with Crippen LogP contribution in [-0.4, -0.2) is 18.6 Å². The standard InChI is InChI=1S/C13H17Cl2NO2/c1-8(16-13(2,3)12(17)18-4)10-7-9(14)5-6-11(10)15/h5-8,16H,1-4H3. The first-order valence-corrected chi connectivity index (χ1v) is 6.34. The Morgan fingerprint density at radius 3 is 2.56 bits per heavy atom. The Kier molecular flexibility index (Phi) is 5.02. The molecule has 0 bridgehead atoms. The Morgan fingerprint density at radius 1 is 1.39 bits per heavy atom. The Morgan fingerprint density at radius 2 is 2.00 bits per heavy atom. The average Bonchev–Trinajstić information content (AvgIpc) is 2.30. The summed E-state index contributed by atoms with van der Waals surface area (Å²) in [5, 5.41) is 4.39. The van der Waals surface area contributed by atoms with Gasteiger partial charge in [-0.25, -0.2) is 0 Å². The summed E-state index contributed by atoms with van der Waals surface area (Å²) in [6, 6.07) is 5.13. The normalized spacial score (nSPS) is 13.2. The minimum Gasteiger partial charge on any atom is -0.468 e. The molecule has 0 aliphatic rings. The summed E-state index contributed by atoms with van der Waals surface area (Å²) in [4.78, 5) is 11.6. The molecule has 0 aromatic heterocycles. The zero-order valence-electron chi connectivity index (χ0n) is 10.9. The summed E-state index contributed by atoms with van der Waals surface area (Å²) in [6.07, 6.45) is 0. The van der Waals surface area contributed by atoms with Crippen molar-refractivity contribution in [3.05, 3.63) is 33.8 Å². The third-order valence-electron chi connectivity index (χ3n) is 2.70. The Bertz CT molecular complexity index is 447. The largest absolute Gasteiger partial charge is 0.468 e. The lowest BCUT2D eigenvalue weighted by Crippen LogP contribution is -2.48. The number of halogens is 2. The van der Waals surface area contributed by atoms with Gasteiger partial charge in [-0.2, -0.15) is 0 Å². The van der Waals surface area contributed by atoms with Crippen LogP contribution in [0.15, 0.2) is 18.2 Å². The van der Waals surface area contributed by atoms with Crippen molar-refractivity contribution in [3.8, 4) is 0 Å². The SMILES string of the molecule is COC(=O)C(C)(C)NC(C)c1cc(Cl)ccc1Cl. The summed E-state index contributed by atoms with van der Waals surface area (Å²) >= 11 is 12.1. The van der Waals surface area contributed by atoms with Crippen molar-refractivity contribution in [1.29, 1.82) is 0 Å². The molecule has 1 aromatic carbocycles. The molecule has 18 heavy (non-hydrogen) atoms. The highest BCUT2D eigenvalue weighted by Gasteiger charge is 2.30. The van der Waals surface area contributed by atoms with Crippen molar-refractivity contribution in [3.63, 3.8) is 0 Å². The topological polar surface area (TPSA) is 38.3 Å². The number of carbonyl (C=O) groups excluding carboxylic acids is 1. The van der Waals surface area contributed by atoms with Gasteiger partial charge in [0.25, 0.3) is 0 Å². The van der Waals surface area contributed by atoms with Crippen LogP contribution in [0.5, 0.6) is 0 Å². The van der Waals surface area contributed by atoms with Crippen LogP contribution in [0.2, 0.25) is 10.0 Å². The van der Waals surface area contributed by atoms with Gasteiger partial charge in [0.05, 0.1) is 7.11 Å². The van der Waals surface area contributed by atoms with Crippen molar-refractivity contribution >= 4 is 29.2 Å². The molecule has 1 atom stereocenters. The van der Waals surface area contributed by atoms with Crippen molar-refractivity contribution in [2.75, 3.05) is 7.11 Å². The summed E-state index contributed by atoms with van der Waals surface area (Å²) < 4.78 is 4.75. The van der Waals surface area contributed by atoms with Crippen molar-refractivity contribution < 1.29 is 9.53 Å². The predicted octanol–water partition coefficient (Wildman–Crippen LogP) is 3.60. The van der Waals surface area contributed by atoms with E-state index in [4.69, 9.17) is 27.9 Å².